The highest BCUT2D eigenvalue weighted by molar-refractivity contribution is 7.89. The van der Waals surface area contributed by atoms with E-state index in [-0.39, 0.29) is 5.25 Å². The van der Waals surface area contributed by atoms with Gasteiger partial charge in [0.15, 0.2) is 0 Å². The molecule has 0 amide bonds. The smallest absolute Gasteiger partial charge is 0.212 e. The summed E-state index contributed by atoms with van der Waals surface area (Å²) in [7, 11) is -3.03. The van der Waals surface area contributed by atoms with Gasteiger partial charge in [-0.2, -0.15) is 4.31 Å². The molecule has 1 heterocycles. The number of sulfonamides is 1. The average Bonchev–Trinajstić information content (AvgIpc) is 2.35. The molecular weight excluding hydrogens is 174 g/mol. The molecule has 0 atom stereocenters. The van der Waals surface area contributed by atoms with Crippen LogP contribution in [0.1, 0.15) is 20.8 Å². The molecule has 0 aromatic rings. The molecule has 1 rings (SSSR count). The van der Waals surface area contributed by atoms with Crippen LogP contribution in [0.25, 0.3) is 0 Å². The van der Waals surface area contributed by atoms with Crippen molar-refractivity contribution in [3.8, 4) is 0 Å². The van der Waals surface area contributed by atoms with Gasteiger partial charge < -0.3 is 0 Å². The number of nitrogens with zero attached hydrogens (tertiary/aromatic N) is 1. The minimum atomic E-state index is -3.03. The molecule has 0 fully saturated rings. The van der Waals surface area contributed by atoms with E-state index in [0.29, 0.717) is 13.1 Å². The first-order chi connectivity index (χ1) is 5.44. The Kier molecular flexibility index (Phi) is 2.58. The van der Waals surface area contributed by atoms with Crippen LogP contribution in [0.5, 0.6) is 0 Å². The number of hydrogen-bond donors (Lipinski definition) is 0. The molecule has 12 heavy (non-hydrogen) atoms. The van der Waals surface area contributed by atoms with Crippen LogP contribution in [0.4, 0.5) is 0 Å². The summed E-state index contributed by atoms with van der Waals surface area (Å²) >= 11 is 0. The highest BCUT2D eigenvalue weighted by Gasteiger charge is 2.27. The molecule has 0 aliphatic carbocycles. The quantitative estimate of drug-likeness (QED) is 0.607. The summed E-state index contributed by atoms with van der Waals surface area (Å²) in [6.07, 6.45) is 1.96. The van der Waals surface area contributed by atoms with Crippen LogP contribution in [0.2, 0.25) is 0 Å². The maximum absolute atomic E-state index is 11.6. The van der Waals surface area contributed by atoms with Crippen LogP contribution < -0.4 is 0 Å². The molecule has 3 nitrogen and oxygen atoms in total. The van der Waals surface area contributed by atoms with Crippen LogP contribution in [-0.2, 0) is 10.0 Å². The first kappa shape index (κ1) is 9.74. The lowest BCUT2D eigenvalue weighted by molar-refractivity contribution is 0.476. The third-order valence-electron chi connectivity index (χ3n) is 2.02. The lowest BCUT2D eigenvalue weighted by Crippen LogP contribution is -2.34. The Balaban J connectivity index is 2.75. The third kappa shape index (κ3) is 1.69. The van der Waals surface area contributed by atoms with E-state index in [0.717, 1.165) is 5.57 Å². The van der Waals surface area contributed by atoms with E-state index in [2.05, 4.69) is 0 Å². The Bertz CT molecular complexity index is 290. The van der Waals surface area contributed by atoms with Crippen molar-refractivity contribution in [1.29, 1.82) is 0 Å². The largest absolute Gasteiger partial charge is 0.217 e. The van der Waals surface area contributed by atoms with E-state index in [9.17, 15) is 8.42 Å². The van der Waals surface area contributed by atoms with Gasteiger partial charge in [0.05, 0.1) is 5.25 Å². The van der Waals surface area contributed by atoms with Gasteiger partial charge in [0.2, 0.25) is 10.0 Å². The summed E-state index contributed by atoms with van der Waals surface area (Å²) in [6, 6.07) is 0. The average molecular weight is 189 g/mol. The van der Waals surface area contributed by atoms with Crippen molar-refractivity contribution in [2.45, 2.75) is 26.0 Å². The summed E-state index contributed by atoms with van der Waals surface area (Å²) in [5.41, 5.74) is 1.14. The van der Waals surface area contributed by atoms with Gasteiger partial charge >= 0.3 is 0 Å². The zero-order valence-electron chi connectivity index (χ0n) is 7.74. The van der Waals surface area contributed by atoms with Gasteiger partial charge in [-0.15, -0.1) is 0 Å². The van der Waals surface area contributed by atoms with Crippen LogP contribution in [0.3, 0.4) is 0 Å². The van der Waals surface area contributed by atoms with Crippen molar-refractivity contribution in [2.75, 3.05) is 13.1 Å². The maximum Gasteiger partial charge on any atom is 0.217 e. The molecular formula is C8H15NO2S. The second-order valence-corrected chi connectivity index (χ2v) is 5.93. The molecule has 0 aromatic heterocycles. The highest BCUT2D eigenvalue weighted by atomic mass is 32.2. The van der Waals surface area contributed by atoms with Gasteiger partial charge in [0, 0.05) is 13.1 Å². The van der Waals surface area contributed by atoms with E-state index >= 15 is 0 Å². The Morgan fingerprint density at radius 1 is 1.50 bits per heavy atom. The van der Waals surface area contributed by atoms with E-state index in [1.807, 2.05) is 13.0 Å². The molecule has 1 aliphatic rings. The van der Waals surface area contributed by atoms with Crippen molar-refractivity contribution < 1.29 is 8.42 Å². The standard InChI is InChI=1S/C8H15NO2S/c1-7(2)12(10,11)9-5-4-8(3)6-9/h4,7H,5-6H2,1-3H3. The van der Waals surface area contributed by atoms with Crippen molar-refractivity contribution in [3.05, 3.63) is 11.6 Å². The fourth-order valence-electron chi connectivity index (χ4n) is 1.16. The van der Waals surface area contributed by atoms with Crippen molar-refractivity contribution in [3.63, 3.8) is 0 Å². The summed E-state index contributed by atoms with van der Waals surface area (Å²) in [4.78, 5) is 0. The van der Waals surface area contributed by atoms with Crippen LogP contribution in [0, 0.1) is 0 Å². The van der Waals surface area contributed by atoms with Gasteiger partial charge in [-0.25, -0.2) is 8.42 Å². The molecule has 0 N–H and O–H groups in total. The Morgan fingerprint density at radius 2 is 2.08 bits per heavy atom. The molecule has 0 radical (unpaired) electrons. The first-order valence-corrected chi connectivity index (χ1v) is 5.59. The molecule has 0 bridgehead atoms. The fraction of sp³-hybridized carbons (Fsp3) is 0.750. The monoisotopic (exact) mass is 189 g/mol. The molecule has 0 spiro atoms. The molecule has 1 aliphatic heterocycles. The minimum Gasteiger partial charge on any atom is -0.212 e. The summed E-state index contributed by atoms with van der Waals surface area (Å²) in [5, 5.41) is -0.309. The number of hydrogen-bond acceptors (Lipinski definition) is 2. The lowest BCUT2D eigenvalue weighted by atomic mass is 10.3. The maximum atomic E-state index is 11.6. The molecule has 0 aromatic carbocycles. The van der Waals surface area contributed by atoms with Crippen LogP contribution >= 0.6 is 0 Å². The zero-order chi connectivity index (χ0) is 9.35. The summed E-state index contributed by atoms with van der Waals surface area (Å²) < 4.78 is 24.7. The molecule has 0 saturated carbocycles. The van der Waals surface area contributed by atoms with E-state index in [1.54, 1.807) is 13.8 Å². The molecule has 70 valence electrons. The molecule has 0 unspecified atom stereocenters. The zero-order valence-corrected chi connectivity index (χ0v) is 8.56. The van der Waals surface area contributed by atoms with Crippen molar-refractivity contribution in [1.82, 2.24) is 4.31 Å². The highest BCUT2D eigenvalue weighted by Crippen LogP contribution is 2.15. The van der Waals surface area contributed by atoms with Crippen LogP contribution in [0.15, 0.2) is 11.6 Å². The topological polar surface area (TPSA) is 37.4 Å². The van der Waals surface area contributed by atoms with Gasteiger partial charge in [-0.3, -0.25) is 0 Å². The SMILES string of the molecule is CC1=CCN(S(=O)(=O)C(C)C)C1. The van der Waals surface area contributed by atoms with E-state index in [4.69, 9.17) is 0 Å². The van der Waals surface area contributed by atoms with Crippen LogP contribution in [-0.4, -0.2) is 31.1 Å². The van der Waals surface area contributed by atoms with Crippen molar-refractivity contribution in [2.24, 2.45) is 0 Å². The normalized spacial score (nSPS) is 20.2. The summed E-state index contributed by atoms with van der Waals surface area (Å²) in [6.45, 7) is 6.49. The van der Waals surface area contributed by atoms with Gasteiger partial charge in [0.25, 0.3) is 0 Å². The predicted octanol–water partition coefficient (Wildman–Crippen LogP) is 0.986. The Labute approximate surface area is 74.1 Å². The second kappa shape index (κ2) is 3.18. The molecule has 0 saturated heterocycles. The van der Waals surface area contributed by atoms with Gasteiger partial charge in [-0.05, 0) is 20.8 Å². The number of rotatable bonds is 2. The fourth-order valence-corrected chi connectivity index (χ4v) is 2.42. The third-order valence-corrected chi connectivity index (χ3v) is 4.21. The Hall–Kier alpha value is -0.350. The van der Waals surface area contributed by atoms with Crippen molar-refractivity contribution >= 4 is 10.0 Å². The van der Waals surface area contributed by atoms with E-state index < -0.39 is 10.0 Å². The molecule has 4 heteroatoms. The second-order valence-electron chi connectivity index (χ2n) is 3.44. The lowest BCUT2D eigenvalue weighted by Gasteiger charge is -2.18. The van der Waals surface area contributed by atoms with E-state index in [1.165, 1.54) is 4.31 Å². The Morgan fingerprint density at radius 3 is 2.42 bits per heavy atom. The minimum absolute atomic E-state index is 0.309. The van der Waals surface area contributed by atoms with Gasteiger partial charge in [-0.1, -0.05) is 11.6 Å². The van der Waals surface area contributed by atoms with Gasteiger partial charge in [0.1, 0.15) is 0 Å². The first-order valence-electron chi connectivity index (χ1n) is 4.09. The predicted molar refractivity (Wildman–Crippen MR) is 49.4 cm³/mol. The summed E-state index contributed by atoms with van der Waals surface area (Å²) in [5.74, 6) is 0.